The lowest BCUT2D eigenvalue weighted by Gasteiger charge is -2.12. The molecule has 0 unspecified atom stereocenters. The van der Waals surface area contributed by atoms with Crippen molar-refractivity contribution in [3.05, 3.63) is 64.1 Å². The number of hydrogen-bond acceptors (Lipinski definition) is 6. The van der Waals surface area contributed by atoms with E-state index in [-0.39, 0.29) is 18.1 Å². The van der Waals surface area contributed by atoms with Gasteiger partial charge in [0, 0.05) is 14.1 Å². The normalized spacial score (nSPS) is 16.5. The Labute approximate surface area is 172 Å². The van der Waals surface area contributed by atoms with Gasteiger partial charge in [-0.15, -0.1) is 0 Å². The van der Waals surface area contributed by atoms with Crippen LogP contribution in [0.4, 0.5) is 0 Å². The summed E-state index contributed by atoms with van der Waals surface area (Å²) in [6.45, 7) is 0.202. The fourth-order valence-corrected chi connectivity index (χ4v) is 3.68. The topological polar surface area (TPSA) is 88.4 Å². The third kappa shape index (κ3) is 4.60. The third-order valence-electron chi connectivity index (χ3n) is 4.25. The lowest BCUT2D eigenvalue weighted by atomic mass is 10.1. The Bertz CT molecular complexity index is 1020. The van der Waals surface area contributed by atoms with Crippen LogP contribution in [0.1, 0.15) is 21.5 Å². The molecule has 1 aliphatic heterocycles. The third-order valence-corrected chi connectivity index (χ3v) is 5.40. The molecule has 1 heterocycles. The second kappa shape index (κ2) is 8.83. The summed E-state index contributed by atoms with van der Waals surface area (Å²) in [5, 5.41) is 9.74. The predicted molar refractivity (Wildman–Crippen MR) is 112 cm³/mol. The first-order chi connectivity index (χ1) is 13.9. The molecule has 29 heavy (non-hydrogen) atoms. The van der Waals surface area contributed by atoms with Gasteiger partial charge in [0.1, 0.15) is 6.61 Å². The van der Waals surface area contributed by atoms with Crippen molar-refractivity contribution in [3.63, 3.8) is 0 Å². The van der Waals surface area contributed by atoms with Gasteiger partial charge in [0.2, 0.25) is 0 Å². The van der Waals surface area contributed by atoms with E-state index < -0.39 is 5.97 Å². The molecule has 3 rings (SSSR count). The van der Waals surface area contributed by atoms with Crippen LogP contribution in [0.3, 0.4) is 0 Å². The van der Waals surface area contributed by atoms with Crippen LogP contribution in [-0.2, 0) is 11.4 Å². The maximum Gasteiger partial charge on any atom is 0.335 e. The van der Waals surface area contributed by atoms with Crippen molar-refractivity contribution in [2.75, 3.05) is 21.2 Å². The molecule has 1 N–H and O–H groups in total. The van der Waals surface area contributed by atoms with E-state index in [1.165, 1.54) is 29.8 Å². The predicted octanol–water partition coefficient (Wildman–Crippen LogP) is 3.50. The molecule has 150 valence electrons. The number of amidine groups is 1. The SMILES string of the molecule is CN=C1S/C(=C/c2ccc(OCc3cccc(C(=O)O)c3)c(OC)c2)C(=O)N1C. The van der Waals surface area contributed by atoms with E-state index in [9.17, 15) is 9.59 Å². The quantitative estimate of drug-likeness (QED) is 0.731. The van der Waals surface area contributed by atoms with Crippen LogP contribution in [-0.4, -0.2) is 48.3 Å². The molecule has 0 radical (unpaired) electrons. The van der Waals surface area contributed by atoms with Crippen molar-refractivity contribution in [1.82, 2.24) is 4.90 Å². The molecule has 1 saturated heterocycles. The summed E-state index contributed by atoms with van der Waals surface area (Å²) in [5.41, 5.74) is 1.74. The van der Waals surface area contributed by atoms with Gasteiger partial charge in [0.05, 0.1) is 17.6 Å². The number of rotatable bonds is 6. The zero-order valence-electron chi connectivity index (χ0n) is 16.2. The molecular formula is C21H20N2O5S. The van der Waals surface area contributed by atoms with E-state index in [0.717, 1.165) is 11.1 Å². The van der Waals surface area contributed by atoms with Gasteiger partial charge in [-0.05, 0) is 53.2 Å². The average Bonchev–Trinajstić information content (AvgIpc) is 3.00. The molecule has 1 fully saturated rings. The zero-order chi connectivity index (χ0) is 21.0. The van der Waals surface area contributed by atoms with Crippen molar-refractivity contribution < 1.29 is 24.2 Å². The number of carboxylic acids is 1. The molecule has 7 nitrogen and oxygen atoms in total. The Morgan fingerprint density at radius 3 is 2.69 bits per heavy atom. The number of ether oxygens (including phenoxy) is 2. The van der Waals surface area contributed by atoms with Gasteiger partial charge < -0.3 is 14.6 Å². The van der Waals surface area contributed by atoms with E-state index in [0.29, 0.717) is 21.6 Å². The first-order valence-corrected chi connectivity index (χ1v) is 9.52. The fraction of sp³-hybridized carbons (Fsp3) is 0.190. The molecule has 0 aromatic heterocycles. The van der Waals surface area contributed by atoms with Crippen molar-refractivity contribution in [2.24, 2.45) is 4.99 Å². The Morgan fingerprint density at radius 2 is 2.03 bits per heavy atom. The van der Waals surface area contributed by atoms with Gasteiger partial charge in [0.25, 0.3) is 5.91 Å². The summed E-state index contributed by atoms with van der Waals surface area (Å²) in [7, 11) is 4.88. The number of carboxylic acid groups (broad SMARTS) is 1. The number of aromatic carboxylic acids is 1. The zero-order valence-corrected chi connectivity index (χ0v) is 17.0. The maximum absolute atomic E-state index is 12.3. The molecule has 8 heteroatoms. The molecule has 0 saturated carbocycles. The van der Waals surface area contributed by atoms with Gasteiger partial charge in [-0.1, -0.05) is 18.2 Å². The number of hydrogen-bond donors (Lipinski definition) is 1. The second-order valence-electron chi connectivity index (χ2n) is 6.19. The second-order valence-corrected chi connectivity index (χ2v) is 7.19. The maximum atomic E-state index is 12.3. The van der Waals surface area contributed by atoms with E-state index in [1.807, 2.05) is 6.07 Å². The number of carbonyl (C=O) groups excluding carboxylic acids is 1. The first kappa shape index (κ1) is 20.5. The summed E-state index contributed by atoms with van der Waals surface area (Å²) >= 11 is 1.32. The highest BCUT2D eigenvalue weighted by molar-refractivity contribution is 8.18. The summed E-state index contributed by atoms with van der Waals surface area (Å²) in [4.78, 5) is 29.6. The summed E-state index contributed by atoms with van der Waals surface area (Å²) < 4.78 is 11.2. The highest BCUT2D eigenvalue weighted by Crippen LogP contribution is 2.34. The Balaban J connectivity index is 1.77. The van der Waals surface area contributed by atoms with Gasteiger partial charge in [-0.2, -0.15) is 0 Å². The highest BCUT2D eigenvalue weighted by Gasteiger charge is 2.29. The van der Waals surface area contributed by atoms with E-state index in [2.05, 4.69) is 4.99 Å². The smallest absolute Gasteiger partial charge is 0.335 e. The molecule has 0 atom stereocenters. The van der Waals surface area contributed by atoms with Crippen LogP contribution in [0.25, 0.3) is 6.08 Å². The molecule has 0 aliphatic carbocycles. The number of amides is 1. The average molecular weight is 412 g/mol. The van der Waals surface area contributed by atoms with Crippen molar-refractivity contribution in [3.8, 4) is 11.5 Å². The van der Waals surface area contributed by atoms with Crippen molar-refractivity contribution in [1.29, 1.82) is 0 Å². The molecule has 2 aromatic rings. The summed E-state index contributed by atoms with van der Waals surface area (Å²) in [5.74, 6) is -0.0492. The number of aliphatic imine (C=N–C) groups is 1. The number of carbonyl (C=O) groups is 2. The standard InChI is InChI=1S/C21H20N2O5S/c1-22-21-23(2)19(24)18(29-21)11-13-7-8-16(17(10-13)27-3)28-12-14-5-4-6-15(9-14)20(25)26/h4-11H,12H2,1-3H3,(H,25,26)/b18-11+,22-21?. The van der Waals surface area contributed by atoms with Gasteiger partial charge >= 0.3 is 5.97 Å². The van der Waals surface area contributed by atoms with Crippen LogP contribution in [0.2, 0.25) is 0 Å². The number of likely N-dealkylation sites (N-methyl/N-ethyl adjacent to an activating group) is 1. The molecule has 1 aliphatic rings. The van der Waals surface area contributed by atoms with Gasteiger partial charge in [-0.25, -0.2) is 4.79 Å². The summed E-state index contributed by atoms with van der Waals surface area (Å²) in [6, 6.07) is 11.9. The Kier molecular flexibility index (Phi) is 6.23. The van der Waals surface area contributed by atoms with Gasteiger partial charge in [-0.3, -0.25) is 14.7 Å². The highest BCUT2D eigenvalue weighted by atomic mass is 32.2. The molecule has 0 bridgehead atoms. The minimum atomic E-state index is -0.983. The fourth-order valence-electron chi connectivity index (χ4n) is 2.75. The molecule has 1 amide bonds. The van der Waals surface area contributed by atoms with E-state index >= 15 is 0 Å². The number of thioether (sulfide) groups is 1. The van der Waals surface area contributed by atoms with Crippen LogP contribution in [0, 0.1) is 0 Å². The van der Waals surface area contributed by atoms with Crippen LogP contribution < -0.4 is 9.47 Å². The minimum Gasteiger partial charge on any atom is -0.493 e. The lowest BCUT2D eigenvalue weighted by molar-refractivity contribution is -0.121. The van der Waals surface area contributed by atoms with E-state index in [1.54, 1.807) is 50.5 Å². The van der Waals surface area contributed by atoms with E-state index in [4.69, 9.17) is 14.6 Å². The lowest BCUT2D eigenvalue weighted by Crippen LogP contribution is -2.23. The minimum absolute atomic E-state index is 0.104. The number of methoxy groups -OCH3 is 1. The monoisotopic (exact) mass is 412 g/mol. The summed E-state index contributed by atoms with van der Waals surface area (Å²) in [6.07, 6.45) is 1.78. The molecule has 0 spiro atoms. The molecule has 2 aromatic carbocycles. The molecular weight excluding hydrogens is 392 g/mol. The van der Waals surface area contributed by atoms with Crippen LogP contribution in [0.5, 0.6) is 11.5 Å². The van der Waals surface area contributed by atoms with Crippen molar-refractivity contribution in [2.45, 2.75) is 6.61 Å². The van der Waals surface area contributed by atoms with Gasteiger partial charge in [0.15, 0.2) is 16.7 Å². The Morgan fingerprint density at radius 1 is 1.24 bits per heavy atom. The van der Waals surface area contributed by atoms with Crippen LogP contribution >= 0.6 is 11.8 Å². The Hall–Kier alpha value is -3.26. The largest absolute Gasteiger partial charge is 0.493 e. The van der Waals surface area contributed by atoms with Crippen molar-refractivity contribution >= 4 is 34.9 Å². The first-order valence-electron chi connectivity index (χ1n) is 8.70. The van der Waals surface area contributed by atoms with Crippen LogP contribution in [0.15, 0.2) is 52.4 Å². The number of benzene rings is 2. The number of nitrogens with zero attached hydrogens (tertiary/aromatic N) is 2.